The van der Waals surface area contributed by atoms with Crippen molar-refractivity contribution in [3.8, 4) is 5.75 Å². The van der Waals surface area contributed by atoms with Crippen molar-refractivity contribution in [2.75, 3.05) is 6.61 Å². The Balaban J connectivity index is 2.21. The summed E-state index contributed by atoms with van der Waals surface area (Å²) in [5.74, 6) is 1.21. The molecule has 0 aromatic heterocycles. The van der Waals surface area contributed by atoms with Crippen molar-refractivity contribution in [2.45, 2.75) is 20.3 Å². The highest BCUT2D eigenvalue weighted by Crippen LogP contribution is 2.31. The summed E-state index contributed by atoms with van der Waals surface area (Å²) in [6.07, 6.45) is 2.81. The van der Waals surface area contributed by atoms with Crippen molar-refractivity contribution >= 4 is 56.2 Å². The zero-order chi connectivity index (χ0) is 15.4. The van der Waals surface area contributed by atoms with Crippen molar-refractivity contribution in [3.63, 3.8) is 0 Å². The van der Waals surface area contributed by atoms with Crippen LogP contribution < -0.4 is 10.1 Å². The zero-order valence-corrected chi connectivity index (χ0v) is 15.0. The molecule has 0 saturated carbocycles. The normalized spacial score (nSPS) is 16.7. The number of thioether (sulfide) groups is 1. The number of halogens is 1. The van der Waals surface area contributed by atoms with Gasteiger partial charge in [-0.15, -0.1) is 0 Å². The number of carbonyl (C=O) groups excluding carboxylic acids is 1. The van der Waals surface area contributed by atoms with E-state index in [4.69, 9.17) is 17.0 Å². The van der Waals surface area contributed by atoms with Gasteiger partial charge in [-0.2, -0.15) is 0 Å². The van der Waals surface area contributed by atoms with E-state index in [0.717, 1.165) is 22.2 Å². The minimum absolute atomic E-state index is 0.155. The molecule has 1 aliphatic rings. The van der Waals surface area contributed by atoms with Gasteiger partial charge < -0.3 is 10.1 Å². The first-order chi connectivity index (χ1) is 9.95. The largest absolute Gasteiger partial charge is 0.493 e. The molecule has 1 N–H and O–H groups in total. The Morgan fingerprint density at radius 2 is 2.24 bits per heavy atom. The molecule has 112 valence electrons. The van der Waals surface area contributed by atoms with Crippen LogP contribution in [0.2, 0.25) is 0 Å². The molecule has 0 aliphatic carbocycles. The van der Waals surface area contributed by atoms with Crippen molar-refractivity contribution < 1.29 is 9.53 Å². The Labute approximate surface area is 142 Å². The monoisotopic (exact) mass is 385 g/mol. The predicted molar refractivity (Wildman–Crippen MR) is 95.4 cm³/mol. The number of amides is 1. The van der Waals surface area contributed by atoms with Gasteiger partial charge in [0.2, 0.25) is 0 Å². The van der Waals surface area contributed by atoms with Gasteiger partial charge in [0.15, 0.2) is 0 Å². The fourth-order valence-electron chi connectivity index (χ4n) is 1.73. The van der Waals surface area contributed by atoms with Gasteiger partial charge in [-0.05, 0) is 36.6 Å². The van der Waals surface area contributed by atoms with Crippen LogP contribution in [0.15, 0.2) is 27.6 Å². The predicted octanol–water partition coefficient (Wildman–Crippen LogP) is 4.36. The lowest BCUT2D eigenvalue weighted by Crippen LogP contribution is -2.17. The molecule has 1 fully saturated rings. The SMILES string of the molecule is CC(C)CCOc1ccc(Br)cc1C=C1SC(=S)NC1=O. The Hall–Kier alpha value is -0.850. The first kappa shape index (κ1) is 16.5. The molecule has 0 spiro atoms. The Morgan fingerprint density at radius 1 is 1.48 bits per heavy atom. The van der Waals surface area contributed by atoms with Crippen molar-refractivity contribution in [1.82, 2.24) is 5.32 Å². The minimum atomic E-state index is -0.155. The summed E-state index contributed by atoms with van der Waals surface area (Å²) in [5.41, 5.74) is 0.871. The van der Waals surface area contributed by atoms with Crippen LogP contribution in [0.4, 0.5) is 0 Å². The van der Waals surface area contributed by atoms with Crippen LogP contribution in [0.25, 0.3) is 6.08 Å². The third-order valence-corrected chi connectivity index (χ3v) is 4.51. The smallest absolute Gasteiger partial charge is 0.263 e. The average Bonchev–Trinajstić information content (AvgIpc) is 2.70. The molecule has 1 aromatic carbocycles. The Kier molecular flexibility index (Phi) is 5.84. The summed E-state index contributed by atoms with van der Waals surface area (Å²) in [6, 6.07) is 5.78. The van der Waals surface area contributed by atoms with Gasteiger partial charge in [-0.25, -0.2) is 0 Å². The molecule has 0 radical (unpaired) electrons. The summed E-state index contributed by atoms with van der Waals surface area (Å²) >= 11 is 9.72. The molecule has 1 saturated heterocycles. The van der Waals surface area contributed by atoms with Crippen LogP contribution in [0.3, 0.4) is 0 Å². The second kappa shape index (κ2) is 7.42. The lowest BCUT2D eigenvalue weighted by molar-refractivity contribution is -0.115. The van der Waals surface area contributed by atoms with E-state index in [2.05, 4.69) is 35.1 Å². The number of rotatable bonds is 5. The number of nitrogens with one attached hydrogen (secondary N) is 1. The van der Waals surface area contributed by atoms with E-state index in [1.54, 1.807) is 0 Å². The topological polar surface area (TPSA) is 38.3 Å². The highest BCUT2D eigenvalue weighted by atomic mass is 79.9. The second-order valence-electron chi connectivity index (χ2n) is 5.07. The molecule has 0 atom stereocenters. The molecule has 1 heterocycles. The molecule has 3 nitrogen and oxygen atoms in total. The van der Waals surface area contributed by atoms with Crippen molar-refractivity contribution in [3.05, 3.63) is 33.1 Å². The minimum Gasteiger partial charge on any atom is -0.493 e. The summed E-state index contributed by atoms with van der Waals surface area (Å²) in [4.78, 5) is 12.3. The van der Waals surface area contributed by atoms with Crippen molar-refractivity contribution in [2.24, 2.45) is 5.92 Å². The number of carbonyl (C=O) groups is 1. The lowest BCUT2D eigenvalue weighted by Gasteiger charge is -2.11. The number of ether oxygens (including phenoxy) is 1. The third kappa shape index (κ3) is 4.83. The molecule has 2 rings (SSSR count). The first-order valence-corrected chi connectivity index (χ1v) is 8.64. The fraction of sp³-hybridized carbons (Fsp3) is 0.333. The Morgan fingerprint density at radius 3 is 2.86 bits per heavy atom. The van der Waals surface area contributed by atoms with E-state index in [1.807, 2.05) is 24.3 Å². The van der Waals surface area contributed by atoms with E-state index in [9.17, 15) is 4.79 Å². The average molecular weight is 386 g/mol. The van der Waals surface area contributed by atoms with E-state index in [-0.39, 0.29) is 5.91 Å². The third-order valence-electron chi connectivity index (χ3n) is 2.85. The van der Waals surface area contributed by atoms with Gasteiger partial charge in [0, 0.05) is 10.0 Å². The summed E-state index contributed by atoms with van der Waals surface area (Å²) in [7, 11) is 0. The van der Waals surface area contributed by atoms with Gasteiger partial charge in [-0.3, -0.25) is 4.79 Å². The molecule has 1 aromatic rings. The molecular weight excluding hydrogens is 370 g/mol. The van der Waals surface area contributed by atoms with E-state index < -0.39 is 0 Å². The number of hydrogen-bond donors (Lipinski definition) is 1. The summed E-state index contributed by atoms with van der Waals surface area (Å²) in [5, 5.41) is 2.61. The maximum Gasteiger partial charge on any atom is 0.263 e. The molecule has 1 aliphatic heterocycles. The summed E-state index contributed by atoms with van der Waals surface area (Å²) in [6.45, 7) is 4.98. The lowest BCUT2D eigenvalue weighted by atomic mass is 10.1. The van der Waals surface area contributed by atoms with Crippen LogP contribution in [0, 0.1) is 5.92 Å². The highest BCUT2D eigenvalue weighted by molar-refractivity contribution is 9.10. The number of benzene rings is 1. The van der Waals surface area contributed by atoms with Crippen LogP contribution in [-0.2, 0) is 4.79 Å². The van der Waals surface area contributed by atoms with Gasteiger partial charge in [0.1, 0.15) is 10.1 Å². The van der Waals surface area contributed by atoms with Gasteiger partial charge in [0.25, 0.3) is 5.91 Å². The van der Waals surface area contributed by atoms with Gasteiger partial charge in [-0.1, -0.05) is 53.8 Å². The maximum atomic E-state index is 11.7. The van der Waals surface area contributed by atoms with E-state index in [0.29, 0.717) is 21.8 Å². The van der Waals surface area contributed by atoms with Crippen LogP contribution in [0.5, 0.6) is 5.75 Å². The Bertz CT molecular complexity index is 599. The fourth-order valence-corrected chi connectivity index (χ4v) is 3.14. The molecule has 21 heavy (non-hydrogen) atoms. The van der Waals surface area contributed by atoms with E-state index in [1.165, 1.54) is 11.8 Å². The van der Waals surface area contributed by atoms with Crippen LogP contribution in [-0.4, -0.2) is 16.8 Å². The van der Waals surface area contributed by atoms with E-state index >= 15 is 0 Å². The zero-order valence-electron chi connectivity index (χ0n) is 11.8. The highest BCUT2D eigenvalue weighted by Gasteiger charge is 2.22. The van der Waals surface area contributed by atoms with Crippen LogP contribution >= 0.6 is 39.9 Å². The number of hydrogen-bond acceptors (Lipinski definition) is 4. The van der Waals surface area contributed by atoms with Crippen LogP contribution in [0.1, 0.15) is 25.8 Å². The molecule has 0 unspecified atom stereocenters. The second-order valence-corrected chi connectivity index (χ2v) is 7.70. The van der Waals surface area contributed by atoms with Gasteiger partial charge in [0.05, 0.1) is 11.5 Å². The molecular formula is C15H16BrNO2S2. The van der Waals surface area contributed by atoms with Crippen molar-refractivity contribution in [1.29, 1.82) is 0 Å². The first-order valence-electron chi connectivity index (χ1n) is 6.63. The van der Waals surface area contributed by atoms with Gasteiger partial charge >= 0.3 is 0 Å². The quantitative estimate of drug-likeness (QED) is 0.603. The molecule has 6 heteroatoms. The molecule has 0 bridgehead atoms. The molecule has 1 amide bonds. The standard InChI is InChI=1S/C15H16BrNO2S2/c1-9(2)5-6-19-12-4-3-11(16)7-10(12)8-13-14(18)17-15(20)21-13/h3-4,7-9H,5-6H2,1-2H3,(H,17,18,20). The number of thiocarbonyl (C=S) groups is 1. The maximum absolute atomic E-state index is 11.7. The summed E-state index contributed by atoms with van der Waals surface area (Å²) < 4.78 is 7.27.